The summed E-state index contributed by atoms with van der Waals surface area (Å²) in [6.07, 6.45) is -9.90. The first kappa shape index (κ1) is 20.3. The van der Waals surface area contributed by atoms with E-state index in [-0.39, 0.29) is 11.1 Å². The number of carbonyl (C=O) groups excluding carboxylic acids is 1. The summed E-state index contributed by atoms with van der Waals surface area (Å²) in [6.45, 7) is 0. The third-order valence-corrected chi connectivity index (χ3v) is 4.02. The van der Waals surface area contributed by atoms with Crippen molar-refractivity contribution in [2.45, 2.75) is 18.4 Å². The quantitative estimate of drug-likeness (QED) is 0.590. The third-order valence-electron chi connectivity index (χ3n) is 4.02. The maximum Gasteiger partial charge on any atom is 0.416 e. The molecule has 3 aromatic rings. The highest BCUT2D eigenvalue weighted by Gasteiger charge is 2.43. The Morgan fingerprint density at radius 2 is 1.76 bits per heavy atom. The summed E-state index contributed by atoms with van der Waals surface area (Å²) in [5, 5.41) is 10.8. The molecule has 0 saturated carbocycles. The van der Waals surface area contributed by atoms with Gasteiger partial charge in [-0.25, -0.2) is 0 Å². The summed E-state index contributed by atoms with van der Waals surface area (Å²) in [6, 6.07) is 7.10. The second kappa shape index (κ2) is 7.16. The largest absolute Gasteiger partial charge is 0.451 e. The van der Waals surface area contributed by atoms with Crippen LogP contribution in [0, 0.1) is 11.3 Å². The number of carbonyl (C=O) groups is 1. The number of hydrogen-bond donors (Lipinski definition) is 1. The van der Waals surface area contributed by atoms with E-state index in [9.17, 15) is 31.1 Å². The van der Waals surface area contributed by atoms with Crippen LogP contribution in [0.5, 0.6) is 0 Å². The van der Waals surface area contributed by atoms with Crippen LogP contribution in [0.3, 0.4) is 0 Å². The van der Waals surface area contributed by atoms with Crippen molar-refractivity contribution in [3.63, 3.8) is 0 Å². The van der Waals surface area contributed by atoms with Crippen LogP contribution in [0.1, 0.15) is 33.3 Å². The topological polar surface area (TPSA) is 66.0 Å². The maximum atomic E-state index is 13.5. The number of nitrogens with zero attached hydrogens (tertiary/aromatic N) is 1. The Kier molecular flexibility index (Phi) is 5.00. The number of rotatable bonds is 3. The molecule has 0 aliphatic carbocycles. The lowest BCUT2D eigenvalue weighted by Crippen LogP contribution is -2.38. The molecule has 1 heterocycles. The van der Waals surface area contributed by atoms with Gasteiger partial charge in [0.25, 0.3) is 5.91 Å². The highest BCUT2D eigenvalue weighted by molar-refractivity contribution is 5.96. The SMILES string of the molecule is N#Cc1ccc2oc(C(=O)NC(c3cccc(C(F)(F)F)c3)C(F)(F)F)cc2c1. The monoisotopic (exact) mass is 412 g/mol. The van der Waals surface area contributed by atoms with Crippen molar-refractivity contribution in [3.05, 3.63) is 71.0 Å². The van der Waals surface area contributed by atoms with Crippen LogP contribution in [-0.4, -0.2) is 12.1 Å². The van der Waals surface area contributed by atoms with Gasteiger partial charge in [-0.05, 0) is 42.0 Å². The van der Waals surface area contributed by atoms with Gasteiger partial charge in [-0.3, -0.25) is 4.79 Å². The van der Waals surface area contributed by atoms with Gasteiger partial charge in [0.2, 0.25) is 0 Å². The number of hydrogen-bond acceptors (Lipinski definition) is 3. The maximum absolute atomic E-state index is 13.5. The minimum atomic E-state index is -5.06. The Morgan fingerprint density at radius 1 is 1.03 bits per heavy atom. The first-order chi connectivity index (χ1) is 13.5. The van der Waals surface area contributed by atoms with Gasteiger partial charge >= 0.3 is 12.4 Å². The number of alkyl halides is 6. The average Bonchev–Trinajstić information content (AvgIpc) is 3.07. The predicted molar refractivity (Wildman–Crippen MR) is 88.6 cm³/mol. The van der Waals surface area contributed by atoms with Crippen LogP contribution in [0.2, 0.25) is 0 Å². The molecule has 0 saturated heterocycles. The van der Waals surface area contributed by atoms with Crippen LogP contribution >= 0.6 is 0 Å². The van der Waals surface area contributed by atoms with E-state index >= 15 is 0 Å². The minimum Gasteiger partial charge on any atom is -0.451 e. The molecule has 0 radical (unpaired) electrons. The summed E-state index contributed by atoms with van der Waals surface area (Å²) >= 11 is 0. The van der Waals surface area contributed by atoms with Crippen molar-refractivity contribution in [2.24, 2.45) is 0 Å². The Hall–Kier alpha value is -3.48. The van der Waals surface area contributed by atoms with E-state index in [1.54, 1.807) is 5.32 Å². The van der Waals surface area contributed by atoms with Crippen molar-refractivity contribution < 1.29 is 35.6 Å². The number of nitriles is 1. The fourth-order valence-electron chi connectivity index (χ4n) is 2.68. The molecule has 0 spiro atoms. The molecular formula is C19H10F6N2O2. The van der Waals surface area contributed by atoms with E-state index < -0.39 is 41.2 Å². The van der Waals surface area contributed by atoms with Gasteiger partial charge in [-0.15, -0.1) is 0 Å². The zero-order valence-electron chi connectivity index (χ0n) is 14.2. The smallest absolute Gasteiger partial charge is 0.416 e. The first-order valence-electron chi connectivity index (χ1n) is 7.97. The Labute approximate surface area is 159 Å². The van der Waals surface area contributed by atoms with E-state index in [0.717, 1.165) is 18.2 Å². The summed E-state index contributed by atoms with van der Waals surface area (Å²) in [4.78, 5) is 12.3. The average molecular weight is 412 g/mol. The Balaban J connectivity index is 1.94. The zero-order chi connectivity index (χ0) is 21.4. The summed E-state index contributed by atoms with van der Waals surface area (Å²) in [7, 11) is 0. The van der Waals surface area contributed by atoms with Crippen LogP contribution < -0.4 is 5.32 Å². The zero-order valence-corrected chi connectivity index (χ0v) is 14.2. The number of amides is 1. The van der Waals surface area contributed by atoms with Gasteiger partial charge in [0.05, 0.1) is 17.2 Å². The van der Waals surface area contributed by atoms with E-state index in [2.05, 4.69) is 0 Å². The van der Waals surface area contributed by atoms with Gasteiger partial charge in [0.1, 0.15) is 5.58 Å². The summed E-state index contributed by atoms with van der Waals surface area (Å²) < 4.78 is 84.0. The number of fused-ring (bicyclic) bond motifs is 1. The minimum absolute atomic E-state index is 0.164. The van der Waals surface area contributed by atoms with Gasteiger partial charge in [-0.2, -0.15) is 31.6 Å². The Bertz CT molecular complexity index is 1110. The number of benzene rings is 2. The van der Waals surface area contributed by atoms with Crippen LogP contribution in [0.15, 0.2) is 52.9 Å². The molecule has 1 atom stereocenters. The van der Waals surface area contributed by atoms with E-state index in [0.29, 0.717) is 17.5 Å². The normalized spacial score (nSPS) is 13.1. The lowest BCUT2D eigenvalue weighted by atomic mass is 10.0. The molecule has 1 unspecified atom stereocenters. The highest BCUT2D eigenvalue weighted by Crippen LogP contribution is 2.36. The fraction of sp³-hybridized carbons (Fsp3) is 0.158. The molecule has 29 heavy (non-hydrogen) atoms. The van der Waals surface area contributed by atoms with Gasteiger partial charge in [0, 0.05) is 5.39 Å². The number of nitrogens with one attached hydrogen (secondary N) is 1. The standard InChI is InChI=1S/C19H10F6N2O2/c20-18(21,22)13-3-1-2-11(7-13)16(19(23,24)25)27-17(28)15-8-12-6-10(9-26)4-5-14(12)29-15/h1-8,16H,(H,27,28). The molecule has 0 aliphatic heterocycles. The molecule has 1 amide bonds. The van der Waals surface area contributed by atoms with E-state index in [1.165, 1.54) is 18.2 Å². The lowest BCUT2D eigenvalue weighted by molar-refractivity contribution is -0.156. The molecule has 1 aromatic heterocycles. The molecule has 0 bridgehead atoms. The van der Waals surface area contributed by atoms with Crippen molar-refractivity contribution >= 4 is 16.9 Å². The van der Waals surface area contributed by atoms with Crippen molar-refractivity contribution in [3.8, 4) is 6.07 Å². The summed E-state index contributed by atoms with van der Waals surface area (Å²) in [5.41, 5.74) is -1.63. The summed E-state index contributed by atoms with van der Waals surface area (Å²) in [5.74, 6) is -1.74. The fourth-order valence-corrected chi connectivity index (χ4v) is 2.68. The third kappa shape index (κ3) is 4.34. The van der Waals surface area contributed by atoms with Crippen molar-refractivity contribution in [1.29, 1.82) is 5.26 Å². The molecular weight excluding hydrogens is 402 g/mol. The molecule has 3 rings (SSSR count). The Morgan fingerprint density at radius 3 is 2.38 bits per heavy atom. The van der Waals surface area contributed by atoms with Crippen LogP contribution in [0.25, 0.3) is 11.0 Å². The highest BCUT2D eigenvalue weighted by atomic mass is 19.4. The van der Waals surface area contributed by atoms with Gasteiger partial charge in [0.15, 0.2) is 11.8 Å². The molecule has 4 nitrogen and oxygen atoms in total. The van der Waals surface area contributed by atoms with Crippen LogP contribution in [0.4, 0.5) is 26.3 Å². The van der Waals surface area contributed by atoms with E-state index in [4.69, 9.17) is 9.68 Å². The predicted octanol–water partition coefficient (Wildman–Crippen LogP) is 5.36. The van der Waals surface area contributed by atoms with Gasteiger partial charge < -0.3 is 9.73 Å². The molecule has 2 aromatic carbocycles. The molecule has 10 heteroatoms. The van der Waals surface area contributed by atoms with Gasteiger partial charge in [-0.1, -0.05) is 12.1 Å². The molecule has 0 fully saturated rings. The number of halogens is 6. The molecule has 150 valence electrons. The second-order valence-electron chi connectivity index (χ2n) is 6.05. The van der Waals surface area contributed by atoms with Crippen molar-refractivity contribution in [1.82, 2.24) is 5.32 Å². The van der Waals surface area contributed by atoms with Crippen molar-refractivity contribution in [2.75, 3.05) is 0 Å². The molecule has 0 aliphatic rings. The lowest BCUT2D eigenvalue weighted by Gasteiger charge is -2.22. The van der Waals surface area contributed by atoms with Crippen LogP contribution in [-0.2, 0) is 6.18 Å². The number of furan rings is 1. The first-order valence-corrected chi connectivity index (χ1v) is 7.97. The van der Waals surface area contributed by atoms with E-state index in [1.807, 2.05) is 6.07 Å². The molecule has 1 N–H and O–H groups in total. The second-order valence-corrected chi connectivity index (χ2v) is 6.05.